The summed E-state index contributed by atoms with van der Waals surface area (Å²) in [5, 5.41) is 3.45. The van der Waals surface area contributed by atoms with Crippen LogP contribution in [0.25, 0.3) is 0 Å². The van der Waals surface area contributed by atoms with Crippen LogP contribution in [-0.2, 0) is 16.1 Å². The van der Waals surface area contributed by atoms with Gasteiger partial charge in [-0.05, 0) is 44.6 Å². The number of guanidine groups is 1. The Morgan fingerprint density at radius 2 is 1.97 bits per heavy atom. The highest BCUT2D eigenvalue weighted by Gasteiger charge is 2.31. The van der Waals surface area contributed by atoms with Crippen LogP contribution < -0.4 is 10.1 Å². The van der Waals surface area contributed by atoms with E-state index in [1.165, 1.54) is 12.8 Å². The Morgan fingerprint density at radius 1 is 1.20 bits per heavy atom. The normalized spacial score (nSPS) is 23.1. The minimum atomic E-state index is -0.238. The molecular formula is C22H33N5O3. The van der Waals surface area contributed by atoms with Crippen molar-refractivity contribution in [1.29, 1.82) is 0 Å². The second-order valence-corrected chi connectivity index (χ2v) is 8.21. The Morgan fingerprint density at radius 3 is 2.67 bits per heavy atom. The Balaban J connectivity index is 1.29. The molecule has 2 saturated heterocycles. The third-order valence-electron chi connectivity index (χ3n) is 6.18. The lowest BCUT2D eigenvalue weighted by Gasteiger charge is -2.37. The zero-order chi connectivity index (χ0) is 20.8. The zero-order valence-corrected chi connectivity index (χ0v) is 17.9. The van der Waals surface area contributed by atoms with Gasteiger partial charge in [-0.1, -0.05) is 6.07 Å². The summed E-state index contributed by atoms with van der Waals surface area (Å²) in [4.78, 5) is 25.6. The maximum Gasteiger partial charge on any atom is 0.251 e. The molecule has 0 spiro atoms. The molecule has 1 saturated carbocycles. The van der Waals surface area contributed by atoms with Gasteiger partial charge in [-0.3, -0.25) is 9.79 Å². The fourth-order valence-corrected chi connectivity index (χ4v) is 4.45. The smallest absolute Gasteiger partial charge is 0.251 e. The molecule has 2 aliphatic heterocycles. The molecule has 30 heavy (non-hydrogen) atoms. The van der Waals surface area contributed by atoms with E-state index in [1.54, 1.807) is 13.2 Å². The van der Waals surface area contributed by atoms with Gasteiger partial charge >= 0.3 is 0 Å². The second-order valence-electron chi connectivity index (χ2n) is 8.21. The molecule has 0 bridgehead atoms. The largest absolute Gasteiger partial charge is 0.474 e. The van der Waals surface area contributed by atoms with E-state index in [9.17, 15) is 4.79 Å². The monoisotopic (exact) mass is 415 g/mol. The molecule has 164 valence electrons. The van der Waals surface area contributed by atoms with Gasteiger partial charge in [0.05, 0.1) is 0 Å². The maximum absolute atomic E-state index is 12.6. The molecule has 1 aromatic rings. The molecular weight excluding hydrogens is 382 g/mol. The fourth-order valence-electron chi connectivity index (χ4n) is 4.45. The molecule has 4 rings (SSSR count). The molecule has 3 heterocycles. The molecule has 1 amide bonds. The summed E-state index contributed by atoms with van der Waals surface area (Å²) < 4.78 is 11.7. The Labute approximate surface area is 178 Å². The standard InChI is InChI=1S/C22H33N5O3/c1-23-22(27-13-11-26(12-14-27)21(28)19-9-5-15-29-19)25-16-17-6-4-10-24-20(17)30-18-7-2-3-8-18/h4,6,10,18-19H,2-3,5,7-9,11-16H2,1H3,(H,23,25). The van der Waals surface area contributed by atoms with Crippen molar-refractivity contribution < 1.29 is 14.3 Å². The molecule has 3 aliphatic rings. The van der Waals surface area contributed by atoms with Crippen LogP contribution in [0.5, 0.6) is 5.88 Å². The summed E-state index contributed by atoms with van der Waals surface area (Å²) in [7, 11) is 1.80. The maximum atomic E-state index is 12.6. The van der Waals surface area contributed by atoms with Crippen LogP contribution in [0.3, 0.4) is 0 Å². The van der Waals surface area contributed by atoms with Crippen molar-refractivity contribution >= 4 is 11.9 Å². The van der Waals surface area contributed by atoms with Gasteiger partial charge in [0, 0.05) is 58.1 Å². The van der Waals surface area contributed by atoms with Crippen molar-refractivity contribution in [2.24, 2.45) is 4.99 Å². The third kappa shape index (κ3) is 5.03. The number of carbonyl (C=O) groups is 1. The first-order valence-corrected chi connectivity index (χ1v) is 11.2. The SMILES string of the molecule is CN=C(NCc1cccnc1OC1CCCC1)N1CCN(C(=O)C2CCCO2)CC1. The number of hydrogen-bond acceptors (Lipinski definition) is 5. The molecule has 1 aliphatic carbocycles. The summed E-state index contributed by atoms with van der Waals surface area (Å²) in [6, 6.07) is 3.99. The van der Waals surface area contributed by atoms with Gasteiger partial charge in [0.15, 0.2) is 5.96 Å². The lowest BCUT2D eigenvalue weighted by molar-refractivity contribution is -0.142. The van der Waals surface area contributed by atoms with E-state index in [-0.39, 0.29) is 18.1 Å². The highest BCUT2D eigenvalue weighted by atomic mass is 16.5. The summed E-state index contributed by atoms with van der Waals surface area (Å²) >= 11 is 0. The Bertz CT molecular complexity index is 736. The molecule has 0 radical (unpaired) electrons. The minimum absolute atomic E-state index is 0.138. The quantitative estimate of drug-likeness (QED) is 0.584. The number of rotatable bonds is 5. The van der Waals surface area contributed by atoms with Gasteiger partial charge in [-0.15, -0.1) is 0 Å². The number of nitrogens with zero attached hydrogens (tertiary/aromatic N) is 4. The highest BCUT2D eigenvalue weighted by Crippen LogP contribution is 2.25. The van der Waals surface area contributed by atoms with Gasteiger partial charge in [0.2, 0.25) is 5.88 Å². The highest BCUT2D eigenvalue weighted by molar-refractivity contribution is 5.82. The van der Waals surface area contributed by atoms with Crippen LogP contribution in [0.2, 0.25) is 0 Å². The van der Waals surface area contributed by atoms with Crippen molar-refractivity contribution in [3.8, 4) is 5.88 Å². The topological polar surface area (TPSA) is 79.3 Å². The fraction of sp³-hybridized carbons (Fsp3) is 0.682. The predicted octanol–water partition coefficient (Wildman–Crippen LogP) is 1.80. The van der Waals surface area contributed by atoms with E-state index in [0.29, 0.717) is 26.2 Å². The number of piperazine rings is 1. The molecule has 8 heteroatoms. The molecule has 3 fully saturated rings. The van der Waals surface area contributed by atoms with Crippen molar-refractivity contribution in [2.75, 3.05) is 39.8 Å². The summed E-state index contributed by atoms with van der Waals surface area (Å²) in [6.45, 7) is 4.23. The van der Waals surface area contributed by atoms with E-state index in [2.05, 4.69) is 26.3 Å². The number of pyridine rings is 1. The Kier molecular flexibility index (Phi) is 7.04. The van der Waals surface area contributed by atoms with E-state index in [0.717, 1.165) is 56.2 Å². The van der Waals surface area contributed by atoms with E-state index < -0.39 is 0 Å². The molecule has 1 N–H and O–H groups in total. The van der Waals surface area contributed by atoms with Crippen LogP contribution in [0, 0.1) is 0 Å². The van der Waals surface area contributed by atoms with E-state index >= 15 is 0 Å². The molecule has 1 aromatic heterocycles. The predicted molar refractivity (Wildman–Crippen MR) is 114 cm³/mol. The summed E-state index contributed by atoms with van der Waals surface area (Å²) in [6.07, 6.45) is 8.35. The first kappa shape index (κ1) is 20.9. The van der Waals surface area contributed by atoms with E-state index in [4.69, 9.17) is 9.47 Å². The molecule has 8 nitrogen and oxygen atoms in total. The first-order valence-electron chi connectivity index (χ1n) is 11.2. The average molecular weight is 416 g/mol. The van der Waals surface area contributed by atoms with Gasteiger partial charge < -0.3 is 24.6 Å². The molecule has 0 aromatic carbocycles. The van der Waals surface area contributed by atoms with Crippen LogP contribution in [0.15, 0.2) is 23.3 Å². The van der Waals surface area contributed by atoms with Crippen LogP contribution >= 0.6 is 0 Å². The average Bonchev–Trinajstić information content (AvgIpc) is 3.50. The van der Waals surface area contributed by atoms with Gasteiger partial charge in [0.25, 0.3) is 5.91 Å². The minimum Gasteiger partial charge on any atom is -0.474 e. The lowest BCUT2D eigenvalue weighted by atomic mass is 10.2. The number of ether oxygens (including phenoxy) is 2. The number of carbonyl (C=O) groups excluding carboxylic acids is 1. The number of amides is 1. The lowest BCUT2D eigenvalue weighted by Crippen LogP contribution is -2.55. The Hall–Kier alpha value is -2.35. The van der Waals surface area contributed by atoms with Crippen molar-refractivity contribution in [3.05, 3.63) is 23.9 Å². The number of hydrogen-bond donors (Lipinski definition) is 1. The number of aliphatic imine (C=N–C) groups is 1. The first-order chi connectivity index (χ1) is 14.7. The summed E-state index contributed by atoms with van der Waals surface area (Å²) in [5.74, 6) is 1.70. The third-order valence-corrected chi connectivity index (χ3v) is 6.18. The number of nitrogens with one attached hydrogen (secondary N) is 1. The van der Waals surface area contributed by atoms with Crippen molar-refractivity contribution in [2.45, 2.75) is 57.3 Å². The van der Waals surface area contributed by atoms with Crippen LogP contribution in [0.1, 0.15) is 44.1 Å². The number of aromatic nitrogens is 1. The van der Waals surface area contributed by atoms with Crippen molar-refractivity contribution in [3.63, 3.8) is 0 Å². The molecule has 1 atom stereocenters. The molecule has 1 unspecified atom stereocenters. The van der Waals surface area contributed by atoms with Gasteiger partial charge in [-0.2, -0.15) is 0 Å². The zero-order valence-electron chi connectivity index (χ0n) is 17.9. The summed E-state index contributed by atoms with van der Waals surface area (Å²) in [5.41, 5.74) is 1.04. The van der Waals surface area contributed by atoms with E-state index in [1.807, 2.05) is 11.0 Å². The van der Waals surface area contributed by atoms with Crippen LogP contribution in [-0.4, -0.2) is 78.7 Å². The second kappa shape index (κ2) is 10.1. The van der Waals surface area contributed by atoms with Gasteiger partial charge in [0.1, 0.15) is 12.2 Å². The van der Waals surface area contributed by atoms with Crippen molar-refractivity contribution in [1.82, 2.24) is 20.1 Å². The van der Waals surface area contributed by atoms with Crippen LogP contribution in [0.4, 0.5) is 0 Å². The van der Waals surface area contributed by atoms with Gasteiger partial charge in [-0.25, -0.2) is 4.98 Å².